The van der Waals surface area contributed by atoms with E-state index >= 15 is 0 Å². The summed E-state index contributed by atoms with van der Waals surface area (Å²) in [6.45, 7) is 4.32. The summed E-state index contributed by atoms with van der Waals surface area (Å²) in [7, 11) is 0. The predicted octanol–water partition coefficient (Wildman–Crippen LogP) is 1.81. The van der Waals surface area contributed by atoms with Crippen molar-refractivity contribution < 1.29 is 4.79 Å². The highest BCUT2D eigenvalue weighted by Crippen LogP contribution is 2.24. The van der Waals surface area contributed by atoms with Crippen LogP contribution in [0.2, 0.25) is 0 Å². The highest BCUT2D eigenvalue weighted by atomic mass is 16.2. The number of carbonyl (C=O) groups is 1. The zero-order valence-electron chi connectivity index (χ0n) is 16.6. The van der Waals surface area contributed by atoms with Gasteiger partial charge in [0.15, 0.2) is 0 Å². The number of hydrogen-bond acceptors (Lipinski definition) is 5. The second kappa shape index (κ2) is 8.64. The molecule has 2 fully saturated rings. The van der Waals surface area contributed by atoms with Crippen molar-refractivity contribution in [2.75, 3.05) is 37.6 Å². The SMILES string of the molecule is N#Cc1ccccc1N1CCN(C(=O)[C@@H]2C[C@H](N)CN2Cc2ccccc2)CC1. The van der Waals surface area contributed by atoms with Gasteiger partial charge in [-0.1, -0.05) is 42.5 Å². The minimum Gasteiger partial charge on any atom is -0.367 e. The molecule has 2 aliphatic heterocycles. The molecule has 1 amide bonds. The zero-order chi connectivity index (χ0) is 20.2. The van der Waals surface area contributed by atoms with Crippen LogP contribution in [0.5, 0.6) is 0 Å². The molecule has 2 saturated heterocycles. The number of nitriles is 1. The lowest BCUT2D eigenvalue weighted by molar-refractivity contribution is -0.136. The van der Waals surface area contributed by atoms with Gasteiger partial charge in [-0.3, -0.25) is 9.69 Å². The predicted molar refractivity (Wildman–Crippen MR) is 113 cm³/mol. The van der Waals surface area contributed by atoms with E-state index in [-0.39, 0.29) is 18.0 Å². The third kappa shape index (κ3) is 4.26. The van der Waals surface area contributed by atoms with Crippen LogP contribution in [-0.2, 0) is 11.3 Å². The Kier molecular flexibility index (Phi) is 5.79. The molecule has 0 spiro atoms. The molecular weight excluding hydrogens is 362 g/mol. The number of rotatable bonds is 4. The Labute approximate surface area is 172 Å². The summed E-state index contributed by atoms with van der Waals surface area (Å²) in [4.78, 5) is 19.7. The molecule has 0 saturated carbocycles. The lowest BCUT2D eigenvalue weighted by atomic mass is 10.1. The molecule has 2 aromatic carbocycles. The van der Waals surface area contributed by atoms with E-state index in [4.69, 9.17) is 5.73 Å². The molecule has 2 aromatic rings. The summed E-state index contributed by atoms with van der Waals surface area (Å²) in [6.07, 6.45) is 0.711. The van der Waals surface area contributed by atoms with Crippen molar-refractivity contribution in [2.45, 2.75) is 25.0 Å². The van der Waals surface area contributed by atoms with E-state index < -0.39 is 0 Å². The molecule has 2 atom stereocenters. The maximum atomic E-state index is 13.3. The number of nitrogens with two attached hydrogens (primary N) is 1. The van der Waals surface area contributed by atoms with Crippen LogP contribution in [-0.4, -0.2) is 60.5 Å². The molecule has 2 N–H and O–H groups in total. The highest BCUT2D eigenvalue weighted by Gasteiger charge is 2.38. The fourth-order valence-corrected chi connectivity index (χ4v) is 4.41. The zero-order valence-corrected chi connectivity index (χ0v) is 16.6. The number of likely N-dealkylation sites (tertiary alicyclic amines) is 1. The van der Waals surface area contributed by atoms with E-state index in [2.05, 4.69) is 28.0 Å². The Morgan fingerprint density at radius 2 is 1.72 bits per heavy atom. The summed E-state index contributed by atoms with van der Waals surface area (Å²) in [5.74, 6) is 0.182. The lowest BCUT2D eigenvalue weighted by Crippen LogP contribution is -2.53. The topological polar surface area (TPSA) is 76.6 Å². The molecule has 0 bridgehead atoms. The van der Waals surface area contributed by atoms with Crippen LogP contribution in [0, 0.1) is 11.3 Å². The van der Waals surface area contributed by atoms with Crippen LogP contribution >= 0.6 is 0 Å². The van der Waals surface area contributed by atoms with Gasteiger partial charge < -0.3 is 15.5 Å². The second-order valence-electron chi connectivity index (χ2n) is 7.87. The quantitative estimate of drug-likeness (QED) is 0.863. The third-order valence-electron chi connectivity index (χ3n) is 5.91. The van der Waals surface area contributed by atoms with Gasteiger partial charge in [-0.05, 0) is 24.1 Å². The van der Waals surface area contributed by atoms with Gasteiger partial charge in [0.25, 0.3) is 0 Å². The summed E-state index contributed by atoms with van der Waals surface area (Å²) in [5.41, 5.74) is 9.06. The summed E-state index contributed by atoms with van der Waals surface area (Å²) in [5, 5.41) is 9.35. The van der Waals surface area contributed by atoms with E-state index in [1.54, 1.807) is 0 Å². The van der Waals surface area contributed by atoms with Gasteiger partial charge in [0.05, 0.1) is 17.3 Å². The van der Waals surface area contributed by atoms with E-state index in [1.165, 1.54) is 5.56 Å². The Balaban J connectivity index is 1.40. The summed E-state index contributed by atoms with van der Waals surface area (Å²) >= 11 is 0. The molecule has 0 radical (unpaired) electrons. The minimum absolute atomic E-state index is 0.0384. The molecule has 29 heavy (non-hydrogen) atoms. The van der Waals surface area contributed by atoms with Crippen molar-refractivity contribution in [1.29, 1.82) is 5.26 Å². The van der Waals surface area contributed by atoms with Crippen molar-refractivity contribution in [1.82, 2.24) is 9.80 Å². The summed E-state index contributed by atoms with van der Waals surface area (Å²) < 4.78 is 0. The molecule has 4 rings (SSSR count). The standard InChI is InChI=1S/C23H27N5O/c24-15-19-8-4-5-9-21(19)26-10-12-27(13-11-26)23(29)22-14-20(25)17-28(22)16-18-6-2-1-3-7-18/h1-9,20,22H,10-14,16-17,25H2/t20-,22-/m0/s1. The molecule has 2 aliphatic rings. The van der Waals surface area contributed by atoms with Crippen LogP contribution in [0.3, 0.4) is 0 Å². The second-order valence-corrected chi connectivity index (χ2v) is 7.87. The number of anilines is 1. The minimum atomic E-state index is -0.150. The average Bonchev–Trinajstić information content (AvgIpc) is 3.14. The lowest BCUT2D eigenvalue weighted by Gasteiger charge is -2.38. The molecular formula is C23H27N5O. The maximum Gasteiger partial charge on any atom is 0.240 e. The van der Waals surface area contributed by atoms with Crippen LogP contribution in [0.1, 0.15) is 17.5 Å². The molecule has 6 nitrogen and oxygen atoms in total. The van der Waals surface area contributed by atoms with Crippen LogP contribution in [0.4, 0.5) is 5.69 Å². The fraction of sp³-hybridized carbons (Fsp3) is 0.391. The Morgan fingerprint density at radius 1 is 1.03 bits per heavy atom. The van der Waals surface area contributed by atoms with Crippen LogP contribution < -0.4 is 10.6 Å². The van der Waals surface area contributed by atoms with E-state index in [9.17, 15) is 10.1 Å². The first kappa shape index (κ1) is 19.4. The number of benzene rings is 2. The number of amides is 1. The number of hydrogen-bond donors (Lipinski definition) is 1. The molecule has 2 heterocycles. The Hall–Kier alpha value is -2.88. The first-order chi connectivity index (χ1) is 14.2. The van der Waals surface area contributed by atoms with Gasteiger partial charge in [0.2, 0.25) is 5.91 Å². The number of nitrogens with zero attached hydrogens (tertiary/aromatic N) is 4. The van der Waals surface area contributed by atoms with Gasteiger partial charge in [-0.2, -0.15) is 5.26 Å². The van der Waals surface area contributed by atoms with Crippen molar-refractivity contribution >= 4 is 11.6 Å². The Morgan fingerprint density at radius 3 is 2.45 bits per heavy atom. The largest absolute Gasteiger partial charge is 0.367 e. The monoisotopic (exact) mass is 389 g/mol. The van der Waals surface area contributed by atoms with Crippen molar-refractivity contribution in [3.63, 3.8) is 0 Å². The third-order valence-corrected chi connectivity index (χ3v) is 5.91. The van der Waals surface area contributed by atoms with Gasteiger partial charge in [-0.15, -0.1) is 0 Å². The molecule has 0 aromatic heterocycles. The van der Waals surface area contributed by atoms with Crippen molar-refractivity contribution in [2.24, 2.45) is 5.73 Å². The normalized spacial score (nSPS) is 22.5. The maximum absolute atomic E-state index is 13.3. The Bertz CT molecular complexity index is 886. The van der Waals surface area contributed by atoms with Gasteiger partial charge in [-0.25, -0.2) is 0 Å². The number of para-hydroxylation sites is 1. The van der Waals surface area contributed by atoms with Crippen LogP contribution in [0.15, 0.2) is 54.6 Å². The van der Waals surface area contributed by atoms with Gasteiger partial charge in [0, 0.05) is 45.3 Å². The van der Waals surface area contributed by atoms with E-state index in [1.807, 2.05) is 47.4 Å². The highest BCUT2D eigenvalue weighted by molar-refractivity contribution is 5.82. The van der Waals surface area contributed by atoms with E-state index in [0.29, 0.717) is 25.1 Å². The first-order valence-corrected chi connectivity index (χ1v) is 10.2. The summed E-state index contributed by atoms with van der Waals surface area (Å²) in [6, 6.07) is 20.1. The molecule has 0 unspecified atom stereocenters. The van der Waals surface area contributed by atoms with Gasteiger partial charge >= 0.3 is 0 Å². The molecule has 0 aliphatic carbocycles. The smallest absolute Gasteiger partial charge is 0.240 e. The van der Waals surface area contributed by atoms with Gasteiger partial charge in [0.1, 0.15) is 6.07 Å². The van der Waals surface area contributed by atoms with Crippen LogP contribution in [0.25, 0.3) is 0 Å². The first-order valence-electron chi connectivity index (χ1n) is 10.2. The fourth-order valence-electron chi connectivity index (χ4n) is 4.41. The number of piperazine rings is 1. The van der Waals surface area contributed by atoms with Crippen molar-refractivity contribution in [3.8, 4) is 6.07 Å². The average molecular weight is 390 g/mol. The molecule has 150 valence electrons. The van der Waals surface area contributed by atoms with E-state index in [0.717, 1.165) is 31.9 Å². The number of carbonyl (C=O) groups excluding carboxylic acids is 1. The molecule has 6 heteroatoms. The van der Waals surface area contributed by atoms with Crippen molar-refractivity contribution in [3.05, 3.63) is 65.7 Å².